The van der Waals surface area contributed by atoms with Crippen LogP contribution < -0.4 is 14.4 Å². The lowest BCUT2D eigenvalue weighted by atomic mass is 10.2. The number of rotatable bonds is 6. The van der Waals surface area contributed by atoms with Gasteiger partial charge in [-0.15, -0.1) is 0 Å². The zero-order valence-electron chi connectivity index (χ0n) is 17.1. The lowest BCUT2D eigenvalue weighted by Crippen LogP contribution is -2.55. The standard InChI is InChI=1S/C23H23ClN4O3/c1-17-14-27(10-11-28(17)23(29)15-30-19-7-3-2-4-8-19)21-13-22(26-16-25-21)31-20-9-5-6-18(24)12-20/h2-9,12-13,16-17H,10-11,14-15H2,1H3/t17-/m1/s1. The Morgan fingerprint density at radius 1 is 1.06 bits per heavy atom. The Kier molecular flexibility index (Phi) is 6.52. The summed E-state index contributed by atoms with van der Waals surface area (Å²) >= 11 is 6.01. The maximum absolute atomic E-state index is 12.6. The molecule has 3 aromatic rings. The van der Waals surface area contributed by atoms with E-state index in [1.165, 1.54) is 6.33 Å². The third-order valence-electron chi connectivity index (χ3n) is 5.02. The summed E-state index contributed by atoms with van der Waals surface area (Å²) in [5.74, 6) is 2.47. The van der Waals surface area contributed by atoms with Gasteiger partial charge in [-0.25, -0.2) is 9.97 Å². The Hall–Kier alpha value is -3.32. The molecule has 31 heavy (non-hydrogen) atoms. The van der Waals surface area contributed by atoms with Crippen molar-refractivity contribution in [1.82, 2.24) is 14.9 Å². The van der Waals surface area contributed by atoms with Crippen molar-refractivity contribution >= 4 is 23.3 Å². The summed E-state index contributed by atoms with van der Waals surface area (Å²) in [6.45, 7) is 3.96. The van der Waals surface area contributed by atoms with E-state index < -0.39 is 0 Å². The number of aromatic nitrogens is 2. The van der Waals surface area contributed by atoms with E-state index >= 15 is 0 Å². The summed E-state index contributed by atoms with van der Waals surface area (Å²) in [7, 11) is 0. The maximum Gasteiger partial charge on any atom is 0.260 e. The zero-order chi connectivity index (χ0) is 21.6. The molecule has 1 aliphatic heterocycles. The first-order valence-electron chi connectivity index (χ1n) is 10.1. The monoisotopic (exact) mass is 438 g/mol. The highest BCUT2D eigenvalue weighted by Crippen LogP contribution is 2.25. The van der Waals surface area contributed by atoms with Crippen LogP contribution in [0.15, 0.2) is 67.0 Å². The van der Waals surface area contributed by atoms with Crippen molar-refractivity contribution in [2.75, 3.05) is 31.1 Å². The van der Waals surface area contributed by atoms with Crippen molar-refractivity contribution in [3.63, 3.8) is 0 Å². The molecule has 0 N–H and O–H groups in total. The second-order valence-electron chi connectivity index (χ2n) is 7.26. The minimum absolute atomic E-state index is 0.0212. The number of nitrogens with zero attached hydrogens (tertiary/aromatic N) is 4. The van der Waals surface area contributed by atoms with Crippen LogP contribution in [-0.2, 0) is 4.79 Å². The fourth-order valence-electron chi connectivity index (χ4n) is 3.49. The van der Waals surface area contributed by atoms with E-state index in [2.05, 4.69) is 14.9 Å². The Balaban J connectivity index is 1.35. The Labute approximate surface area is 186 Å². The van der Waals surface area contributed by atoms with Gasteiger partial charge in [0.1, 0.15) is 23.6 Å². The molecule has 1 aromatic heterocycles. The molecule has 160 valence electrons. The number of carbonyl (C=O) groups excluding carboxylic acids is 1. The predicted molar refractivity (Wildman–Crippen MR) is 119 cm³/mol. The molecular formula is C23H23ClN4O3. The highest BCUT2D eigenvalue weighted by Gasteiger charge is 2.28. The average molecular weight is 439 g/mol. The van der Waals surface area contributed by atoms with Gasteiger partial charge >= 0.3 is 0 Å². The number of halogens is 1. The lowest BCUT2D eigenvalue weighted by molar-refractivity contribution is -0.135. The number of para-hydroxylation sites is 1. The SMILES string of the molecule is C[C@@H]1CN(c2cc(Oc3cccc(Cl)c3)ncn2)CCN1C(=O)COc1ccccc1. The molecule has 0 spiro atoms. The molecule has 2 aromatic carbocycles. The molecule has 0 bridgehead atoms. The van der Waals surface area contributed by atoms with Crippen LogP contribution in [0.4, 0.5) is 5.82 Å². The molecule has 0 unspecified atom stereocenters. The number of amides is 1. The molecule has 0 radical (unpaired) electrons. The van der Waals surface area contributed by atoms with Crippen molar-refractivity contribution in [3.8, 4) is 17.4 Å². The van der Waals surface area contributed by atoms with Gasteiger partial charge in [0.25, 0.3) is 5.91 Å². The number of hydrogen-bond donors (Lipinski definition) is 0. The molecule has 1 aliphatic rings. The molecule has 7 nitrogen and oxygen atoms in total. The number of anilines is 1. The number of carbonyl (C=O) groups is 1. The van der Waals surface area contributed by atoms with E-state index in [9.17, 15) is 4.79 Å². The van der Waals surface area contributed by atoms with Gasteiger partial charge in [-0.1, -0.05) is 35.9 Å². The highest BCUT2D eigenvalue weighted by atomic mass is 35.5. The van der Waals surface area contributed by atoms with Crippen molar-refractivity contribution in [3.05, 3.63) is 72.0 Å². The molecule has 1 saturated heterocycles. The molecule has 4 rings (SSSR count). The minimum atomic E-state index is -0.0244. The number of ether oxygens (including phenoxy) is 2. The largest absolute Gasteiger partial charge is 0.484 e. The van der Waals surface area contributed by atoms with Gasteiger partial charge < -0.3 is 19.3 Å². The van der Waals surface area contributed by atoms with Crippen LogP contribution in [0.1, 0.15) is 6.92 Å². The fraction of sp³-hybridized carbons (Fsp3) is 0.261. The van der Waals surface area contributed by atoms with E-state index in [1.807, 2.05) is 54.3 Å². The topological polar surface area (TPSA) is 67.8 Å². The van der Waals surface area contributed by atoms with Gasteiger partial charge in [0.15, 0.2) is 6.61 Å². The van der Waals surface area contributed by atoms with Gasteiger partial charge in [0.2, 0.25) is 5.88 Å². The number of piperazine rings is 1. The summed E-state index contributed by atoms with van der Waals surface area (Å²) in [6.07, 6.45) is 1.48. The third-order valence-corrected chi connectivity index (χ3v) is 5.26. The molecule has 0 saturated carbocycles. The lowest BCUT2D eigenvalue weighted by Gasteiger charge is -2.40. The zero-order valence-corrected chi connectivity index (χ0v) is 17.9. The van der Waals surface area contributed by atoms with Crippen LogP contribution in [0.3, 0.4) is 0 Å². The maximum atomic E-state index is 12.6. The average Bonchev–Trinajstić information content (AvgIpc) is 2.78. The van der Waals surface area contributed by atoms with Gasteiger partial charge in [-0.05, 0) is 37.3 Å². The van der Waals surface area contributed by atoms with Crippen LogP contribution in [0.25, 0.3) is 0 Å². The van der Waals surface area contributed by atoms with Crippen LogP contribution in [0.2, 0.25) is 5.02 Å². The van der Waals surface area contributed by atoms with E-state index in [4.69, 9.17) is 21.1 Å². The highest BCUT2D eigenvalue weighted by molar-refractivity contribution is 6.30. The van der Waals surface area contributed by atoms with Crippen molar-refractivity contribution in [2.24, 2.45) is 0 Å². The van der Waals surface area contributed by atoms with E-state index in [-0.39, 0.29) is 18.6 Å². The molecular weight excluding hydrogens is 416 g/mol. The van der Waals surface area contributed by atoms with Crippen molar-refractivity contribution in [1.29, 1.82) is 0 Å². The second kappa shape index (κ2) is 9.66. The number of benzene rings is 2. The van der Waals surface area contributed by atoms with Crippen molar-refractivity contribution < 1.29 is 14.3 Å². The molecule has 1 fully saturated rings. The fourth-order valence-corrected chi connectivity index (χ4v) is 3.67. The summed E-state index contributed by atoms with van der Waals surface area (Å²) < 4.78 is 11.4. The van der Waals surface area contributed by atoms with E-state index in [0.29, 0.717) is 42.0 Å². The van der Waals surface area contributed by atoms with Gasteiger partial charge in [-0.2, -0.15) is 0 Å². The molecule has 8 heteroatoms. The second-order valence-corrected chi connectivity index (χ2v) is 7.69. The minimum Gasteiger partial charge on any atom is -0.484 e. The third kappa shape index (κ3) is 5.44. The predicted octanol–water partition coefficient (Wildman–Crippen LogP) is 4.04. The van der Waals surface area contributed by atoms with Crippen LogP contribution in [-0.4, -0.2) is 53.1 Å². The quantitative estimate of drug-likeness (QED) is 0.578. The number of hydrogen-bond acceptors (Lipinski definition) is 6. The molecule has 0 aliphatic carbocycles. The van der Waals surface area contributed by atoms with E-state index in [0.717, 1.165) is 5.82 Å². The normalized spacial score (nSPS) is 16.1. The van der Waals surface area contributed by atoms with Gasteiger partial charge in [0.05, 0.1) is 0 Å². The van der Waals surface area contributed by atoms with Crippen LogP contribution in [0, 0.1) is 0 Å². The van der Waals surface area contributed by atoms with Gasteiger partial charge in [0, 0.05) is 36.8 Å². The van der Waals surface area contributed by atoms with Crippen molar-refractivity contribution in [2.45, 2.75) is 13.0 Å². The molecule has 1 atom stereocenters. The van der Waals surface area contributed by atoms with Crippen LogP contribution >= 0.6 is 11.6 Å². The summed E-state index contributed by atoms with van der Waals surface area (Å²) in [4.78, 5) is 25.2. The summed E-state index contributed by atoms with van der Waals surface area (Å²) in [6, 6.07) is 18.3. The van der Waals surface area contributed by atoms with Gasteiger partial charge in [-0.3, -0.25) is 4.79 Å². The van der Waals surface area contributed by atoms with Crippen LogP contribution in [0.5, 0.6) is 17.4 Å². The smallest absolute Gasteiger partial charge is 0.260 e. The Morgan fingerprint density at radius 2 is 1.87 bits per heavy atom. The summed E-state index contributed by atoms with van der Waals surface area (Å²) in [5.41, 5.74) is 0. The first kappa shape index (κ1) is 20.9. The van der Waals surface area contributed by atoms with E-state index in [1.54, 1.807) is 18.2 Å². The molecule has 2 heterocycles. The molecule has 1 amide bonds. The Bertz CT molecular complexity index is 1030. The first-order chi connectivity index (χ1) is 15.1. The summed E-state index contributed by atoms with van der Waals surface area (Å²) in [5, 5.41) is 0.595. The first-order valence-corrected chi connectivity index (χ1v) is 10.4. The Morgan fingerprint density at radius 3 is 2.65 bits per heavy atom.